The number of nitrogens with one attached hydrogen (secondary N) is 1. The molecule has 0 fully saturated rings. The number of thiazole rings is 1. The zero-order valence-electron chi connectivity index (χ0n) is 8.47. The van der Waals surface area contributed by atoms with Crippen molar-refractivity contribution in [3.8, 4) is 0 Å². The molecule has 0 spiro atoms. The highest BCUT2D eigenvalue weighted by molar-refractivity contribution is 7.80. The number of nitrogens with two attached hydrogens (primary N) is 1. The van der Waals surface area contributed by atoms with Crippen molar-refractivity contribution in [1.29, 1.82) is 0 Å². The second-order valence-corrected chi connectivity index (χ2v) is 4.35. The Morgan fingerprint density at radius 3 is 2.94 bits per heavy atom. The van der Waals surface area contributed by atoms with Crippen LogP contribution in [0.25, 0.3) is 0 Å². The fraction of sp³-hybridized carbons (Fsp3) is 0.111. The predicted octanol–water partition coefficient (Wildman–Crippen LogP) is 1.62. The van der Waals surface area contributed by atoms with E-state index in [-0.39, 0.29) is 4.99 Å². The van der Waals surface area contributed by atoms with E-state index in [1.165, 1.54) is 11.3 Å². The molecule has 2 heterocycles. The molecule has 0 aliphatic rings. The highest BCUT2D eigenvalue weighted by atomic mass is 32.1. The molecule has 0 unspecified atom stereocenters. The van der Waals surface area contributed by atoms with Crippen LogP contribution in [0.4, 0.5) is 11.1 Å². The number of aromatic nitrogens is 3. The zero-order valence-corrected chi connectivity index (χ0v) is 10.1. The topological polar surface area (TPSA) is 76.7 Å². The SMILES string of the molecule is Cc1csc(Nc2nccc(C(N)=S)n2)n1. The van der Waals surface area contributed by atoms with Gasteiger partial charge >= 0.3 is 0 Å². The van der Waals surface area contributed by atoms with Crippen LogP contribution in [0, 0.1) is 6.92 Å². The zero-order chi connectivity index (χ0) is 11.5. The van der Waals surface area contributed by atoms with Crippen LogP contribution in [0.5, 0.6) is 0 Å². The summed E-state index contributed by atoms with van der Waals surface area (Å²) in [5, 5.41) is 5.68. The van der Waals surface area contributed by atoms with Gasteiger partial charge in [-0.15, -0.1) is 11.3 Å². The molecule has 2 rings (SSSR count). The van der Waals surface area contributed by atoms with Crippen LogP contribution in [0.1, 0.15) is 11.4 Å². The molecule has 0 bridgehead atoms. The molecular weight excluding hydrogens is 242 g/mol. The summed E-state index contributed by atoms with van der Waals surface area (Å²) in [6, 6.07) is 1.67. The van der Waals surface area contributed by atoms with Gasteiger partial charge in [-0.1, -0.05) is 12.2 Å². The molecule has 2 aromatic rings. The van der Waals surface area contributed by atoms with Gasteiger partial charge in [0.05, 0.1) is 5.69 Å². The minimum atomic E-state index is 0.251. The average Bonchev–Trinajstić information content (AvgIpc) is 2.64. The average molecular weight is 251 g/mol. The standard InChI is InChI=1S/C9H9N5S2/c1-5-4-16-9(12-5)14-8-11-3-2-6(13-8)7(10)15/h2-4H,1H3,(H2,10,15)(H,11,12,13,14). The minimum Gasteiger partial charge on any atom is -0.388 e. The number of hydrogen-bond donors (Lipinski definition) is 2. The maximum absolute atomic E-state index is 5.48. The third kappa shape index (κ3) is 2.50. The summed E-state index contributed by atoms with van der Waals surface area (Å²) < 4.78 is 0. The van der Waals surface area contributed by atoms with E-state index in [0.29, 0.717) is 11.6 Å². The molecule has 2 aromatic heterocycles. The van der Waals surface area contributed by atoms with Crippen molar-refractivity contribution < 1.29 is 0 Å². The number of aryl methyl sites for hydroxylation is 1. The molecule has 16 heavy (non-hydrogen) atoms. The summed E-state index contributed by atoms with van der Waals surface area (Å²) >= 11 is 6.33. The quantitative estimate of drug-likeness (QED) is 0.807. The van der Waals surface area contributed by atoms with Gasteiger partial charge in [-0.2, -0.15) is 0 Å². The lowest BCUT2D eigenvalue weighted by atomic mass is 10.4. The first-order valence-electron chi connectivity index (χ1n) is 4.47. The van der Waals surface area contributed by atoms with E-state index >= 15 is 0 Å². The van der Waals surface area contributed by atoms with E-state index in [1.807, 2.05) is 12.3 Å². The molecule has 82 valence electrons. The van der Waals surface area contributed by atoms with Crippen molar-refractivity contribution in [3.63, 3.8) is 0 Å². The Balaban J connectivity index is 2.21. The summed E-state index contributed by atoms with van der Waals surface area (Å²) in [6.45, 7) is 1.92. The number of anilines is 2. The van der Waals surface area contributed by atoms with Gasteiger partial charge < -0.3 is 11.1 Å². The second-order valence-electron chi connectivity index (χ2n) is 3.05. The molecular formula is C9H9N5S2. The first kappa shape index (κ1) is 10.9. The summed E-state index contributed by atoms with van der Waals surface area (Å²) in [7, 11) is 0. The highest BCUT2D eigenvalue weighted by Gasteiger charge is 2.04. The van der Waals surface area contributed by atoms with Crippen LogP contribution in [-0.2, 0) is 0 Å². The maximum Gasteiger partial charge on any atom is 0.229 e. The van der Waals surface area contributed by atoms with Crippen molar-refractivity contribution in [1.82, 2.24) is 15.0 Å². The Bertz CT molecular complexity index is 522. The Morgan fingerprint density at radius 1 is 1.50 bits per heavy atom. The number of thiocarbonyl (C=S) groups is 1. The van der Waals surface area contributed by atoms with Crippen molar-refractivity contribution >= 4 is 39.6 Å². The number of rotatable bonds is 3. The Hall–Kier alpha value is -1.60. The molecule has 3 N–H and O–H groups in total. The minimum absolute atomic E-state index is 0.251. The van der Waals surface area contributed by atoms with Crippen LogP contribution >= 0.6 is 23.6 Å². The lowest BCUT2D eigenvalue weighted by molar-refractivity contribution is 1.14. The second kappa shape index (κ2) is 4.50. The Kier molecular flexibility index (Phi) is 3.07. The van der Waals surface area contributed by atoms with Gasteiger partial charge in [0, 0.05) is 11.6 Å². The van der Waals surface area contributed by atoms with Gasteiger partial charge in [0.1, 0.15) is 10.7 Å². The van der Waals surface area contributed by atoms with Crippen LogP contribution < -0.4 is 11.1 Å². The smallest absolute Gasteiger partial charge is 0.229 e. The summed E-state index contributed by atoms with van der Waals surface area (Å²) in [5.74, 6) is 0.444. The van der Waals surface area contributed by atoms with Gasteiger partial charge in [-0.05, 0) is 13.0 Å². The van der Waals surface area contributed by atoms with Gasteiger partial charge in [0.25, 0.3) is 0 Å². The number of nitrogens with zero attached hydrogens (tertiary/aromatic N) is 3. The molecule has 0 atom stereocenters. The fourth-order valence-electron chi connectivity index (χ4n) is 1.06. The first-order chi connectivity index (χ1) is 7.65. The van der Waals surface area contributed by atoms with E-state index < -0.39 is 0 Å². The third-order valence-electron chi connectivity index (χ3n) is 1.75. The summed E-state index contributed by atoms with van der Waals surface area (Å²) in [6.07, 6.45) is 1.60. The van der Waals surface area contributed by atoms with Gasteiger partial charge in [0.2, 0.25) is 5.95 Å². The van der Waals surface area contributed by atoms with E-state index in [0.717, 1.165) is 10.8 Å². The largest absolute Gasteiger partial charge is 0.388 e. The van der Waals surface area contributed by atoms with E-state index in [1.54, 1.807) is 12.3 Å². The van der Waals surface area contributed by atoms with Crippen LogP contribution in [0.15, 0.2) is 17.6 Å². The van der Waals surface area contributed by atoms with Crippen LogP contribution in [-0.4, -0.2) is 19.9 Å². The molecule has 0 aromatic carbocycles. The fourth-order valence-corrected chi connectivity index (χ4v) is 1.86. The van der Waals surface area contributed by atoms with Gasteiger partial charge in [0.15, 0.2) is 5.13 Å². The highest BCUT2D eigenvalue weighted by Crippen LogP contribution is 2.17. The first-order valence-corrected chi connectivity index (χ1v) is 5.76. The van der Waals surface area contributed by atoms with E-state index in [2.05, 4.69) is 20.3 Å². The number of hydrogen-bond acceptors (Lipinski definition) is 6. The normalized spacial score (nSPS) is 10.1. The molecule has 5 nitrogen and oxygen atoms in total. The molecule has 0 saturated heterocycles. The summed E-state index contributed by atoms with van der Waals surface area (Å²) in [5.41, 5.74) is 6.98. The van der Waals surface area contributed by atoms with Crippen molar-refractivity contribution in [2.24, 2.45) is 5.73 Å². The lowest BCUT2D eigenvalue weighted by Gasteiger charge is -2.02. The van der Waals surface area contributed by atoms with Crippen LogP contribution in [0.2, 0.25) is 0 Å². The molecule has 0 amide bonds. The van der Waals surface area contributed by atoms with E-state index in [9.17, 15) is 0 Å². The third-order valence-corrected chi connectivity index (χ3v) is 2.83. The molecule has 7 heteroatoms. The van der Waals surface area contributed by atoms with Crippen molar-refractivity contribution in [2.75, 3.05) is 5.32 Å². The Labute approximate surface area is 102 Å². The van der Waals surface area contributed by atoms with Crippen LogP contribution in [0.3, 0.4) is 0 Å². The lowest BCUT2D eigenvalue weighted by Crippen LogP contribution is -2.12. The monoisotopic (exact) mass is 251 g/mol. The van der Waals surface area contributed by atoms with Gasteiger partial charge in [-0.3, -0.25) is 0 Å². The van der Waals surface area contributed by atoms with Gasteiger partial charge in [-0.25, -0.2) is 15.0 Å². The molecule has 0 aliphatic carbocycles. The maximum atomic E-state index is 5.48. The molecule has 0 saturated carbocycles. The molecule has 0 aliphatic heterocycles. The van der Waals surface area contributed by atoms with Crippen molar-refractivity contribution in [2.45, 2.75) is 6.92 Å². The molecule has 0 radical (unpaired) electrons. The predicted molar refractivity (Wildman–Crippen MR) is 68.1 cm³/mol. The summed E-state index contributed by atoms with van der Waals surface area (Å²) in [4.78, 5) is 12.7. The van der Waals surface area contributed by atoms with E-state index in [4.69, 9.17) is 18.0 Å². The van der Waals surface area contributed by atoms with Crippen molar-refractivity contribution in [3.05, 3.63) is 29.0 Å². The Morgan fingerprint density at radius 2 is 2.31 bits per heavy atom.